The normalized spacial score (nSPS) is 24.4. The van der Waals surface area contributed by atoms with E-state index < -0.39 is 10.0 Å². The summed E-state index contributed by atoms with van der Waals surface area (Å²) in [7, 11) is -1.31. The molecule has 3 heterocycles. The molecule has 0 radical (unpaired) electrons. The Morgan fingerprint density at radius 2 is 2.08 bits per heavy atom. The summed E-state index contributed by atoms with van der Waals surface area (Å²) in [5.41, 5.74) is 0.717. The van der Waals surface area contributed by atoms with E-state index in [4.69, 9.17) is 0 Å². The van der Waals surface area contributed by atoms with Gasteiger partial charge < -0.3 is 5.32 Å². The highest BCUT2D eigenvalue weighted by Crippen LogP contribution is 2.43. The highest BCUT2D eigenvalue weighted by molar-refractivity contribution is 7.89. The summed E-state index contributed by atoms with van der Waals surface area (Å²) in [6, 6.07) is 0. The Morgan fingerprint density at radius 3 is 2.67 bits per heavy atom. The van der Waals surface area contributed by atoms with Crippen molar-refractivity contribution in [1.82, 2.24) is 19.4 Å². The lowest BCUT2D eigenvalue weighted by molar-refractivity contribution is -0.120. The van der Waals surface area contributed by atoms with Crippen LogP contribution < -0.4 is 5.32 Å². The van der Waals surface area contributed by atoms with E-state index in [-0.39, 0.29) is 23.1 Å². The largest absolute Gasteiger partial charge is 0.350 e. The third-order valence-electron chi connectivity index (χ3n) is 5.34. The number of aromatic nitrogens is 2. The van der Waals surface area contributed by atoms with Crippen LogP contribution in [0.2, 0.25) is 0 Å². The van der Waals surface area contributed by atoms with E-state index >= 15 is 0 Å². The first-order chi connectivity index (χ1) is 11.4. The first-order valence-electron chi connectivity index (χ1n) is 8.64. The zero-order valence-electron chi connectivity index (χ0n) is 14.4. The number of carbonyl (C=O) groups excluding carboxylic acids is 1. The molecule has 2 aliphatic rings. The predicted octanol–water partition coefficient (Wildman–Crippen LogP) is 0.988. The Kier molecular flexibility index (Phi) is 4.70. The number of rotatable bonds is 5. The minimum atomic E-state index is -3.18. The van der Waals surface area contributed by atoms with Crippen LogP contribution in [0.1, 0.15) is 50.5 Å². The van der Waals surface area contributed by atoms with Gasteiger partial charge in [-0.05, 0) is 24.8 Å². The lowest BCUT2D eigenvalue weighted by atomic mass is 9.75. The maximum Gasteiger partial charge on any atom is 0.221 e. The van der Waals surface area contributed by atoms with Crippen molar-refractivity contribution in [2.45, 2.75) is 50.5 Å². The van der Waals surface area contributed by atoms with Gasteiger partial charge in [0.1, 0.15) is 0 Å². The van der Waals surface area contributed by atoms with Gasteiger partial charge in [0.15, 0.2) is 0 Å². The summed E-state index contributed by atoms with van der Waals surface area (Å²) in [6.07, 6.45) is 7.10. The first kappa shape index (κ1) is 17.4. The van der Waals surface area contributed by atoms with Gasteiger partial charge in [-0.2, -0.15) is 5.10 Å². The van der Waals surface area contributed by atoms with Crippen molar-refractivity contribution >= 4 is 15.9 Å². The van der Waals surface area contributed by atoms with Gasteiger partial charge in [0.05, 0.1) is 11.9 Å². The number of nitrogens with zero attached hydrogens (tertiary/aromatic N) is 3. The molecule has 2 saturated heterocycles. The predicted molar refractivity (Wildman–Crippen MR) is 90.9 cm³/mol. The fourth-order valence-electron chi connectivity index (χ4n) is 3.95. The quantitative estimate of drug-likeness (QED) is 0.854. The third kappa shape index (κ3) is 3.21. The van der Waals surface area contributed by atoms with E-state index in [1.165, 1.54) is 0 Å². The van der Waals surface area contributed by atoms with Crippen LogP contribution in [0.4, 0.5) is 0 Å². The lowest BCUT2D eigenvalue weighted by Crippen LogP contribution is -2.54. The number of amides is 1. The zero-order chi connectivity index (χ0) is 17.4. The summed E-state index contributed by atoms with van der Waals surface area (Å²) in [6.45, 7) is 2.94. The standard InChI is InChI=1S/C16H26N4O3S/c1-3-4-9-24(22,23)20-7-5-16(6-8-20)14(10-15(21)18-16)13-11-17-19(2)12-13/h11-12,14H,3-10H2,1-2H3,(H,18,21)/t14-/m0/s1. The molecule has 2 aliphatic heterocycles. The summed E-state index contributed by atoms with van der Waals surface area (Å²) >= 11 is 0. The molecular formula is C16H26N4O3S. The maximum atomic E-state index is 12.4. The monoisotopic (exact) mass is 354 g/mol. The fourth-order valence-corrected chi connectivity index (χ4v) is 5.60. The summed E-state index contributed by atoms with van der Waals surface area (Å²) in [5.74, 6) is 0.333. The fraction of sp³-hybridized carbons (Fsp3) is 0.750. The van der Waals surface area contributed by atoms with E-state index in [2.05, 4.69) is 10.4 Å². The van der Waals surface area contributed by atoms with Gasteiger partial charge in [-0.3, -0.25) is 9.48 Å². The maximum absolute atomic E-state index is 12.4. The molecule has 1 N–H and O–H groups in total. The van der Waals surface area contributed by atoms with Gasteiger partial charge in [-0.1, -0.05) is 13.3 Å². The SMILES string of the molecule is CCCCS(=O)(=O)N1CCC2(CC1)NC(=O)C[C@H]2c1cnn(C)c1. The number of carbonyl (C=O) groups is 1. The molecule has 0 aromatic carbocycles. The van der Waals surface area contributed by atoms with E-state index in [0.29, 0.717) is 38.8 Å². The smallest absolute Gasteiger partial charge is 0.221 e. The molecular weight excluding hydrogens is 328 g/mol. The van der Waals surface area contributed by atoms with Crippen LogP contribution in [0.15, 0.2) is 12.4 Å². The second-order valence-corrected chi connectivity index (χ2v) is 9.07. The second kappa shape index (κ2) is 6.48. The number of aryl methyl sites for hydroxylation is 1. The Balaban J connectivity index is 1.74. The van der Waals surface area contributed by atoms with Gasteiger partial charge in [0.2, 0.25) is 15.9 Å². The molecule has 1 atom stereocenters. The van der Waals surface area contributed by atoms with Gasteiger partial charge in [0.25, 0.3) is 0 Å². The van der Waals surface area contributed by atoms with Crippen molar-refractivity contribution in [3.05, 3.63) is 18.0 Å². The molecule has 8 heteroatoms. The van der Waals surface area contributed by atoms with Crippen molar-refractivity contribution in [1.29, 1.82) is 0 Å². The summed E-state index contributed by atoms with van der Waals surface area (Å²) < 4.78 is 28.1. The van der Waals surface area contributed by atoms with Crippen LogP contribution in [-0.2, 0) is 21.9 Å². The molecule has 1 amide bonds. The van der Waals surface area contributed by atoms with Gasteiger partial charge >= 0.3 is 0 Å². The molecule has 0 unspecified atom stereocenters. The molecule has 2 fully saturated rings. The van der Waals surface area contributed by atoms with Crippen LogP contribution >= 0.6 is 0 Å². The molecule has 0 bridgehead atoms. The number of hydrogen-bond donors (Lipinski definition) is 1. The molecule has 1 spiro atoms. The van der Waals surface area contributed by atoms with E-state index in [9.17, 15) is 13.2 Å². The van der Waals surface area contributed by atoms with Crippen molar-refractivity contribution < 1.29 is 13.2 Å². The highest BCUT2D eigenvalue weighted by Gasteiger charge is 2.50. The van der Waals surface area contributed by atoms with Crippen molar-refractivity contribution in [3.63, 3.8) is 0 Å². The van der Waals surface area contributed by atoms with Crippen LogP contribution in [0.25, 0.3) is 0 Å². The first-order valence-corrected chi connectivity index (χ1v) is 10.2. The average molecular weight is 354 g/mol. The van der Waals surface area contributed by atoms with Crippen LogP contribution in [0, 0.1) is 0 Å². The number of nitrogens with one attached hydrogen (secondary N) is 1. The Bertz CT molecular complexity index is 705. The van der Waals surface area contributed by atoms with Crippen molar-refractivity contribution in [2.24, 2.45) is 7.05 Å². The molecule has 134 valence electrons. The Hall–Kier alpha value is -1.41. The highest BCUT2D eigenvalue weighted by atomic mass is 32.2. The minimum absolute atomic E-state index is 0.0474. The second-order valence-electron chi connectivity index (χ2n) is 6.98. The Morgan fingerprint density at radius 1 is 1.38 bits per heavy atom. The topological polar surface area (TPSA) is 84.3 Å². The lowest BCUT2D eigenvalue weighted by Gasteiger charge is -2.42. The minimum Gasteiger partial charge on any atom is -0.350 e. The molecule has 3 rings (SSSR count). The average Bonchev–Trinajstić information content (AvgIpc) is 3.09. The zero-order valence-corrected chi connectivity index (χ0v) is 15.2. The van der Waals surface area contributed by atoms with Crippen LogP contribution in [0.5, 0.6) is 0 Å². The van der Waals surface area contributed by atoms with Crippen molar-refractivity contribution in [3.8, 4) is 0 Å². The van der Waals surface area contributed by atoms with Gasteiger partial charge in [0, 0.05) is 44.2 Å². The number of unbranched alkanes of at least 4 members (excludes halogenated alkanes) is 1. The van der Waals surface area contributed by atoms with Crippen LogP contribution in [-0.4, -0.2) is 52.8 Å². The molecule has 24 heavy (non-hydrogen) atoms. The van der Waals surface area contributed by atoms with E-state index in [0.717, 1.165) is 12.0 Å². The van der Waals surface area contributed by atoms with E-state index in [1.807, 2.05) is 26.4 Å². The molecule has 0 saturated carbocycles. The van der Waals surface area contributed by atoms with Gasteiger partial charge in [-0.25, -0.2) is 12.7 Å². The number of piperidine rings is 1. The molecule has 1 aromatic heterocycles. The third-order valence-corrected chi connectivity index (χ3v) is 7.29. The summed E-state index contributed by atoms with van der Waals surface area (Å²) in [4.78, 5) is 12.1. The molecule has 1 aromatic rings. The molecule has 7 nitrogen and oxygen atoms in total. The summed E-state index contributed by atoms with van der Waals surface area (Å²) in [5, 5.41) is 7.37. The number of hydrogen-bond acceptors (Lipinski definition) is 4. The van der Waals surface area contributed by atoms with Gasteiger partial charge in [-0.15, -0.1) is 0 Å². The Labute approximate surface area is 143 Å². The van der Waals surface area contributed by atoms with E-state index in [1.54, 1.807) is 8.99 Å². The van der Waals surface area contributed by atoms with Crippen LogP contribution in [0.3, 0.4) is 0 Å². The molecule has 0 aliphatic carbocycles. The van der Waals surface area contributed by atoms with Crippen molar-refractivity contribution in [2.75, 3.05) is 18.8 Å². The number of sulfonamides is 1.